The minimum absolute atomic E-state index is 0.123. The second-order valence-electron chi connectivity index (χ2n) is 9.01. The van der Waals surface area contributed by atoms with Crippen molar-refractivity contribution in [2.75, 3.05) is 6.61 Å². The number of unbranched alkanes of at least 4 members (excludes halogenated alkanes) is 7. The number of allylic oxidation sites excluding steroid dienone is 1. The third kappa shape index (κ3) is 9.54. The molecule has 0 atom stereocenters. The van der Waals surface area contributed by atoms with Crippen LogP contribution in [0.25, 0.3) is 0 Å². The maximum Gasteiger partial charge on any atom is 0.266 e. The van der Waals surface area contributed by atoms with Crippen molar-refractivity contribution in [3.8, 4) is 0 Å². The van der Waals surface area contributed by atoms with E-state index in [1.807, 2.05) is 0 Å². The highest BCUT2D eigenvalue weighted by molar-refractivity contribution is 4.92. The van der Waals surface area contributed by atoms with Crippen molar-refractivity contribution < 1.29 is 13.5 Å². The van der Waals surface area contributed by atoms with Gasteiger partial charge < -0.3 is 4.74 Å². The van der Waals surface area contributed by atoms with E-state index in [0.717, 1.165) is 44.1 Å². The molecule has 0 heterocycles. The third-order valence-electron chi connectivity index (χ3n) is 6.92. The lowest BCUT2D eigenvalue weighted by molar-refractivity contribution is 0.00590. The molecule has 0 bridgehead atoms. The van der Waals surface area contributed by atoms with Crippen LogP contribution in [0, 0.1) is 17.8 Å². The van der Waals surface area contributed by atoms with Crippen LogP contribution in [0.2, 0.25) is 0 Å². The number of ether oxygens (including phenoxy) is 1. The van der Waals surface area contributed by atoms with Crippen LogP contribution < -0.4 is 0 Å². The predicted molar refractivity (Wildman–Crippen MR) is 110 cm³/mol. The van der Waals surface area contributed by atoms with Crippen molar-refractivity contribution in [2.24, 2.45) is 17.8 Å². The molecular formula is C24H42F2O. The second-order valence-corrected chi connectivity index (χ2v) is 9.01. The van der Waals surface area contributed by atoms with Crippen molar-refractivity contribution in [1.29, 1.82) is 0 Å². The Bertz CT molecular complexity index is 389. The quantitative estimate of drug-likeness (QED) is 0.307. The summed E-state index contributed by atoms with van der Waals surface area (Å²) in [7, 11) is 0. The molecule has 0 radical (unpaired) electrons. The van der Waals surface area contributed by atoms with Gasteiger partial charge >= 0.3 is 0 Å². The summed E-state index contributed by atoms with van der Waals surface area (Å²) < 4.78 is 30.9. The molecule has 158 valence electrons. The summed E-state index contributed by atoms with van der Waals surface area (Å²) in [4.78, 5) is 0. The fourth-order valence-corrected chi connectivity index (χ4v) is 5.17. The van der Waals surface area contributed by atoms with Crippen LogP contribution in [-0.2, 0) is 4.74 Å². The molecule has 0 aromatic rings. The summed E-state index contributed by atoms with van der Waals surface area (Å²) >= 11 is 0. The van der Waals surface area contributed by atoms with Gasteiger partial charge in [0, 0.05) is 6.61 Å². The molecule has 2 saturated carbocycles. The monoisotopic (exact) mass is 384 g/mol. The lowest BCUT2D eigenvalue weighted by Gasteiger charge is -2.37. The average molecular weight is 385 g/mol. The van der Waals surface area contributed by atoms with E-state index in [4.69, 9.17) is 4.74 Å². The number of halogens is 2. The fourth-order valence-electron chi connectivity index (χ4n) is 5.17. The number of hydrogen-bond acceptors (Lipinski definition) is 1. The zero-order chi connectivity index (χ0) is 19.3. The molecule has 0 N–H and O–H groups in total. The molecule has 0 amide bonds. The minimum Gasteiger partial charge on any atom is -0.378 e. The molecule has 1 nitrogen and oxygen atoms in total. The topological polar surface area (TPSA) is 9.23 Å². The first-order valence-electron chi connectivity index (χ1n) is 11.8. The van der Waals surface area contributed by atoms with E-state index in [1.54, 1.807) is 0 Å². The van der Waals surface area contributed by atoms with Gasteiger partial charge in [-0.3, -0.25) is 0 Å². The van der Waals surface area contributed by atoms with E-state index in [-0.39, 0.29) is 5.92 Å². The Morgan fingerprint density at radius 3 is 1.81 bits per heavy atom. The molecule has 2 fully saturated rings. The van der Waals surface area contributed by atoms with Gasteiger partial charge in [0.05, 0.1) is 6.10 Å². The van der Waals surface area contributed by atoms with Crippen molar-refractivity contribution in [1.82, 2.24) is 0 Å². The Labute approximate surface area is 166 Å². The fraction of sp³-hybridized carbons (Fsp3) is 0.917. The Hall–Kier alpha value is -0.440. The van der Waals surface area contributed by atoms with E-state index in [0.29, 0.717) is 6.10 Å². The second kappa shape index (κ2) is 13.7. The van der Waals surface area contributed by atoms with Crippen molar-refractivity contribution in [3.63, 3.8) is 0 Å². The van der Waals surface area contributed by atoms with Gasteiger partial charge in [-0.15, -0.1) is 0 Å². The molecule has 27 heavy (non-hydrogen) atoms. The molecule has 0 aliphatic heterocycles. The molecule has 0 unspecified atom stereocenters. The molecule has 0 aromatic heterocycles. The molecule has 0 aromatic carbocycles. The van der Waals surface area contributed by atoms with Crippen LogP contribution in [0.5, 0.6) is 0 Å². The molecular weight excluding hydrogens is 342 g/mol. The lowest BCUT2D eigenvalue weighted by atomic mass is 9.70. The van der Waals surface area contributed by atoms with E-state index in [9.17, 15) is 8.78 Å². The van der Waals surface area contributed by atoms with E-state index in [1.165, 1.54) is 83.1 Å². The average Bonchev–Trinajstić information content (AvgIpc) is 2.67. The highest BCUT2D eigenvalue weighted by Crippen LogP contribution is 2.41. The van der Waals surface area contributed by atoms with Gasteiger partial charge in [-0.05, 0) is 81.6 Å². The Balaban J connectivity index is 1.47. The molecule has 2 rings (SSSR count). The third-order valence-corrected chi connectivity index (χ3v) is 6.92. The first-order valence-corrected chi connectivity index (χ1v) is 11.8. The van der Waals surface area contributed by atoms with Crippen LogP contribution in [0.15, 0.2) is 12.2 Å². The first kappa shape index (κ1) is 22.8. The van der Waals surface area contributed by atoms with E-state index < -0.39 is 6.08 Å². The summed E-state index contributed by atoms with van der Waals surface area (Å²) in [5.41, 5.74) is 0. The summed E-state index contributed by atoms with van der Waals surface area (Å²) in [6.45, 7) is 3.21. The zero-order valence-electron chi connectivity index (χ0n) is 17.6. The highest BCUT2D eigenvalue weighted by atomic mass is 19.3. The van der Waals surface area contributed by atoms with Crippen LogP contribution >= 0.6 is 0 Å². The van der Waals surface area contributed by atoms with Crippen LogP contribution in [0.4, 0.5) is 8.78 Å². The van der Waals surface area contributed by atoms with Gasteiger partial charge in [0.15, 0.2) is 0 Å². The van der Waals surface area contributed by atoms with Gasteiger partial charge in [-0.1, -0.05) is 51.9 Å². The van der Waals surface area contributed by atoms with E-state index in [2.05, 4.69) is 6.92 Å². The van der Waals surface area contributed by atoms with Crippen LogP contribution in [-0.4, -0.2) is 12.7 Å². The Kier molecular flexibility index (Phi) is 11.6. The molecule has 0 saturated heterocycles. The Morgan fingerprint density at radius 1 is 0.741 bits per heavy atom. The largest absolute Gasteiger partial charge is 0.378 e. The summed E-state index contributed by atoms with van der Waals surface area (Å²) in [5.74, 6) is 1.71. The highest BCUT2D eigenvalue weighted by Gasteiger charge is 2.30. The maximum absolute atomic E-state index is 12.4. The van der Waals surface area contributed by atoms with Crippen LogP contribution in [0.1, 0.15) is 110 Å². The van der Waals surface area contributed by atoms with Crippen molar-refractivity contribution in [3.05, 3.63) is 12.2 Å². The molecule has 0 spiro atoms. The van der Waals surface area contributed by atoms with Gasteiger partial charge in [0.1, 0.15) is 0 Å². The van der Waals surface area contributed by atoms with Gasteiger partial charge in [0.25, 0.3) is 6.08 Å². The first-order chi connectivity index (χ1) is 13.2. The summed E-state index contributed by atoms with van der Waals surface area (Å²) in [6, 6.07) is 0. The van der Waals surface area contributed by atoms with Gasteiger partial charge in [-0.2, -0.15) is 8.78 Å². The predicted octanol–water partition coefficient (Wildman–Crippen LogP) is 8.29. The maximum atomic E-state index is 12.4. The summed E-state index contributed by atoms with van der Waals surface area (Å²) in [5, 5.41) is 0. The van der Waals surface area contributed by atoms with E-state index >= 15 is 0 Å². The lowest BCUT2D eigenvalue weighted by Crippen LogP contribution is -2.28. The number of rotatable bonds is 12. The Morgan fingerprint density at radius 2 is 1.26 bits per heavy atom. The zero-order valence-corrected chi connectivity index (χ0v) is 17.6. The minimum atomic E-state index is -1.49. The molecule has 2 aliphatic rings. The molecule has 2 aliphatic carbocycles. The molecule has 3 heteroatoms. The smallest absolute Gasteiger partial charge is 0.266 e. The van der Waals surface area contributed by atoms with Crippen LogP contribution in [0.3, 0.4) is 0 Å². The SMILES string of the molecule is CCCCCCCCCCO[C@H]1CC[C@H]([C@H]2CC[C@H](C=C(F)F)CC2)CC1. The summed E-state index contributed by atoms with van der Waals surface area (Å²) in [6.07, 6.45) is 20.2. The van der Waals surface area contributed by atoms with Crippen molar-refractivity contribution in [2.45, 2.75) is 116 Å². The number of hydrogen-bond donors (Lipinski definition) is 0. The standard InChI is InChI=1S/C24H42F2O/c1-2-3-4-5-6-7-8-9-18-27-23-16-14-22(15-17-23)21-12-10-20(11-13-21)19-24(25)26/h19-23H,2-18H2,1H3/t20-,21-,22-,23-. The van der Waals surface area contributed by atoms with Gasteiger partial charge in [-0.25, -0.2) is 0 Å². The van der Waals surface area contributed by atoms with Gasteiger partial charge in [0.2, 0.25) is 0 Å². The normalized spacial score (nSPS) is 28.9. The van der Waals surface area contributed by atoms with Crippen molar-refractivity contribution >= 4 is 0 Å².